The van der Waals surface area contributed by atoms with Gasteiger partial charge in [-0.15, -0.1) is 0 Å². The van der Waals surface area contributed by atoms with Crippen molar-refractivity contribution in [2.45, 2.75) is 0 Å². The quantitative estimate of drug-likeness (QED) is 0.531. The fourth-order valence-electron chi connectivity index (χ4n) is 0.668. The molecule has 1 rings (SSSR count). The van der Waals surface area contributed by atoms with Crippen LogP contribution in [-0.2, 0) is 3.74 Å². The second kappa shape index (κ2) is 3.51. The fraction of sp³-hybridized carbons (Fsp3) is 0. The molecule has 4 nitrogen and oxygen atoms in total. The van der Waals surface area contributed by atoms with Crippen molar-refractivity contribution in [3.63, 3.8) is 0 Å². The standard InChI is InChI=1S/C6H8AsNO3/c8-5-3-1-2-4-6(5)11-7(9)10/h1-4,7H,8H2,(H,9,10). The van der Waals surface area contributed by atoms with E-state index in [1.54, 1.807) is 24.3 Å². The first-order valence-corrected chi connectivity index (χ1v) is 5.60. The van der Waals surface area contributed by atoms with Crippen LogP contribution in [0.25, 0.3) is 0 Å². The van der Waals surface area contributed by atoms with Gasteiger partial charge in [-0.05, 0) is 0 Å². The second-order valence-corrected chi connectivity index (χ2v) is 3.45. The van der Waals surface area contributed by atoms with E-state index in [4.69, 9.17) is 9.83 Å². The molecule has 0 bridgehead atoms. The Labute approximate surface area is 68.8 Å². The van der Waals surface area contributed by atoms with Crippen LogP contribution in [0.15, 0.2) is 24.3 Å². The van der Waals surface area contributed by atoms with E-state index >= 15 is 0 Å². The van der Waals surface area contributed by atoms with E-state index in [1.807, 2.05) is 0 Å². The molecule has 3 N–H and O–H groups in total. The Hall–Kier alpha value is -0.862. The number of hydrogen-bond donors (Lipinski definition) is 2. The number of hydrogen-bond acceptors (Lipinski definition) is 3. The summed E-state index contributed by atoms with van der Waals surface area (Å²) in [7, 11) is 0. The number of nitrogen functional groups attached to an aromatic ring is 1. The van der Waals surface area contributed by atoms with Crippen molar-refractivity contribution in [1.29, 1.82) is 0 Å². The molecule has 1 aromatic carbocycles. The first-order chi connectivity index (χ1) is 5.20. The SMILES string of the molecule is Nc1ccccc1O[AsH](=O)O. The van der Waals surface area contributed by atoms with E-state index < -0.39 is 15.3 Å². The van der Waals surface area contributed by atoms with Gasteiger partial charge in [-0.3, -0.25) is 0 Å². The molecule has 11 heavy (non-hydrogen) atoms. The summed E-state index contributed by atoms with van der Waals surface area (Å²) in [6, 6.07) is 6.57. The molecule has 0 aliphatic carbocycles. The van der Waals surface area contributed by atoms with Gasteiger partial charge in [0.15, 0.2) is 0 Å². The fourth-order valence-corrected chi connectivity index (χ4v) is 1.45. The molecule has 0 heterocycles. The second-order valence-electron chi connectivity index (χ2n) is 1.91. The maximum absolute atomic E-state index is 10.3. The van der Waals surface area contributed by atoms with Gasteiger partial charge in [0.2, 0.25) is 0 Å². The summed E-state index contributed by atoms with van der Waals surface area (Å²) in [5.74, 6) is 0.278. The number of para-hydroxylation sites is 2. The van der Waals surface area contributed by atoms with Gasteiger partial charge in [0.25, 0.3) is 0 Å². The topological polar surface area (TPSA) is 72.5 Å². The number of rotatable bonds is 2. The van der Waals surface area contributed by atoms with Gasteiger partial charge in [0, 0.05) is 0 Å². The van der Waals surface area contributed by atoms with Crippen LogP contribution in [0, 0.1) is 0 Å². The van der Waals surface area contributed by atoms with Crippen molar-refractivity contribution < 1.29 is 11.6 Å². The first kappa shape index (κ1) is 8.24. The third-order valence-corrected chi connectivity index (χ3v) is 1.94. The molecular formula is C6H8AsNO3. The Kier molecular flexibility index (Phi) is 2.63. The van der Waals surface area contributed by atoms with E-state index in [0.29, 0.717) is 5.69 Å². The van der Waals surface area contributed by atoms with Gasteiger partial charge >= 0.3 is 68.3 Å². The van der Waals surface area contributed by atoms with Crippen LogP contribution in [0.5, 0.6) is 5.75 Å². The molecule has 0 fully saturated rings. The average molecular weight is 217 g/mol. The molecule has 0 aliphatic heterocycles. The molecule has 5 heteroatoms. The number of nitrogens with two attached hydrogens (primary N) is 1. The van der Waals surface area contributed by atoms with Crippen molar-refractivity contribution in [2.75, 3.05) is 5.73 Å². The summed E-state index contributed by atoms with van der Waals surface area (Å²) in [6.45, 7) is 0. The van der Waals surface area contributed by atoms with Gasteiger partial charge in [-0.1, -0.05) is 0 Å². The van der Waals surface area contributed by atoms with E-state index in [0.717, 1.165) is 0 Å². The Morgan fingerprint density at radius 2 is 2.09 bits per heavy atom. The van der Waals surface area contributed by atoms with Crippen LogP contribution in [0.3, 0.4) is 0 Å². The molecule has 0 aromatic heterocycles. The van der Waals surface area contributed by atoms with Crippen LogP contribution in [0.4, 0.5) is 5.69 Å². The number of benzene rings is 1. The van der Waals surface area contributed by atoms with E-state index in [1.165, 1.54) is 0 Å². The molecule has 0 amide bonds. The van der Waals surface area contributed by atoms with E-state index in [-0.39, 0.29) is 5.75 Å². The summed E-state index contributed by atoms with van der Waals surface area (Å²) in [4.78, 5) is 0. The monoisotopic (exact) mass is 217 g/mol. The summed E-state index contributed by atoms with van der Waals surface area (Å²) in [5.41, 5.74) is 5.80. The minimum atomic E-state index is -3.49. The molecule has 0 spiro atoms. The molecular weight excluding hydrogens is 209 g/mol. The molecule has 60 valence electrons. The van der Waals surface area contributed by atoms with E-state index in [9.17, 15) is 3.74 Å². The summed E-state index contributed by atoms with van der Waals surface area (Å²) < 4.78 is 23.3. The molecule has 0 radical (unpaired) electrons. The van der Waals surface area contributed by atoms with Crippen molar-refractivity contribution >= 4 is 21.0 Å². The Bertz CT molecular complexity index is 276. The number of anilines is 1. The average Bonchev–Trinajstić information content (AvgIpc) is 1.93. The Morgan fingerprint density at radius 1 is 1.45 bits per heavy atom. The van der Waals surface area contributed by atoms with Gasteiger partial charge in [-0.25, -0.2) is 0 Å². The van der Waals surface area contributed by atoms with Crippen molar-refractivity contribution in [2.24, 2.45) is 0 Å². The van der Waals surface area contributed by atoms with Crippen LogP contribution in [-0.4, -0.2) is 19.4 Å². The Balaban J connectivity index is 2.86. The Morgan fingerprint density at radius 3 is 2.64 bits per heavy atom. The van der Waals surface area contributed by atoms with Crippen LogP contribution in [0.2, 0.25) is 0 Å². The summed E-state index contributed by atoms with van der Waals surface area (Å²) >= 11 is -3.49. The maximum atomic E-state index is 10.3. The van der Waals surface area contributed by atoms with Crippen LogP contribution >= 0.6 is 0 Å². The molecule has 1 atom stereocenters. The zero-order chi connectivity index (χ0) is 8.27. The molecule has 1 aromatic rings. The minimum absolute atomic E-state index is 0.278. The first-order valence-electron chi connectivity index (χ1n) is 2.95. The summed E-state index contributed by atoms with van der Waals surface area (Å²) in [6.07, 6.45) is 0. The van der Waals surface area contributed by atoms with Gasteiger partial charge < -0.3 is 0 Å². The van der Waals surface area contributed by atoms with Gasteiger partial charge in [-0.2, -0.15) is 0 Å². The van der Waals surface area contributed by atoms with Crippen LogP contribution in [0.1, 0.15) is 0 Å². The van der Waals surface area contributed by atoms with Crippen molar-refractivity contribution in [1.82, 2.24) is 0 Å². The third-order valence-electron chi connectivity index (χ3n) is 1.12. The van der Waals surface area contributed by atoms with E-state index in [2.05, 4.69) is 3.73 Å². The van der Waals surface area contributed by atoms with Crippen molar-refractivity contribution in [3.05, 3.63) is 24.3 Å². The molecule has 0 saturated carbocycles. The zero-order valence-corrected chi connectivity index (χ0v) is 7.75. The zero-order valence-electron chi connectivity index (χ0n) is 5.65. The van der Waals surface area contributed by atoms with Gasteiger partial charge in [0.1, 0.15) is 0 Å². The van der Waals surface area contributed by atoms with Crippen LogP contribution < -0.4 is 9.46 Å². The predicted molar refractivity (Wildman–Crippen MR) is 41.5 cm³/mol. The van der Waals surface area contributed by atoms with Gasteiger partial charge in [0.05, 0.1) is 0 Å². The predicted octanol–water partition coefficient (Wildman–Crippen LogP) is -0.212. The normalized spacial score (nSPS) is 12.5. The summed E-state index contributed by atoms with van der Waals surface area (Å²) in [5, 5.41) is 0. The molecule has 1 unspecified atom stereocenters. The molecule has 0 aliphatic rings. The molecule has 0 saturated heterocycles. The third kappa shape index (κ3) is 2.33. The van der Waals surface area contributed by atoms with Crippen molar-refractivity contribution in [3.8, 4) is 5.75 Å².